The van der Waals surface area contributed by atoms with Gasteiger partial charge in [-0.05, 0) is 41.1 Å². The summed E-state index contributed by atoms with van der Waals surface area (Å²) >= 11 is 7.66. The second kappa shape index (κ2) is 10.1. The molecule has 0 spiro atoms. The van der Waals surface area contributed by atoms with Crippen LogP contribution in [0.5, 0.6) is 0 Å². The molecular formula is C18H22ClIN4OS. The van der Waals surface area contributed by atoms with Crippen molar-refractivity contribution in [3.05, 3.63) is 56.7 Å². The summed E-state index contributed by atoms with van der Waals surface area (Å²) in [6, 6.07) is 9.74. The number of hydrogen-bond donors (Lipinski definition) is 2. The van der Waals surface area contributed by atoms with Crippen molar-refractivity contribution in [1.82, 2.24) is 15.5 Å². The predicted molar refractivity (Wildman–Crippen MR) is 119 cm³/mol. The van der Waals surface area contributed by atoms with E-state index in [0.717, 1.165) is 18.5 Å². The molecule has 0 radical (unpaired) electrons. The third-order valence-corrected chi connectivity index (χ3v) is 5.44. The molecule has 0 atom stereocenters. The van der Waals surface area contributed by atoms with Crippen LogP contribution in [0.25, 0.3) is 0 Å². The number of fused-ring (bicyclic) bond motifs is 1. The number of rotatable bonds is 4. The highest BCUT2D eigenvalue weighted by atomic mass is 127. The molecule has 1 aliphatic heterocycles. The highest BCUT2D eigenvalue weighted by Crippen LogP contribution is 2.23. The number of guanidine groups is 1. The molecule has 0 saturated heterocycles. The summed E-state index contributed by atoms with van der Waals surface area (Å²) in [6.07, 6.45) is 0.947. The van der Waals surface area contributed by atoms with E-state index in [-0.39, 0.29) is 36.4 Å². The Bertz CT molecular complexity index is 763. The summed E-state index contributed by atoms with van der Waals surface area (Å²) in [5.74, 6) is 0.697. The van der Waals surface area contributed by atoms with E-state index < -0.39 is 0 Å². The van der Waals surface area contributed by atoms with E-state index in [9.17, 15) is 4.79 Å². The van der Waals surface area contributed by atoms with Crippen LogP contribution in [0.1, 0.15) is 16.0 Å². The quantitative estimate of drug-likeness (QED) is 0.382. The number of nitrogens with one attached hydrogen (secondary N) is 2. The lowest BCUT2D eigenvalue weighted by Gasteiger charge is -2.27. The van der Waals surface area contributed by atoms with Crippen LogP contribution in [0.15, 0.2) is 40.7 Å². The number of halogens is 2. The van der Waals surface area contributed by atoms with Crippen molar-refractivity contribution >= 4 is 58.8 Å². The van der Waals surface area contributed by atoms with Crippen molar-refractivity contribution in [3.8, 4) is 0 Å². The van der Waals surface area contributed by atoms with Crippen molar-refractivity contribution < 1.29 is 4.79 Å². The highest BCUT2D eigenvalue weighted by Gasteiger charge is 2.21. The molecule has 0 bridgehead atoms. The van der Waals surface area contributed by atoms with Crippen LogP contribution in [0, 0.1) is 0 Å². The van der Waals surface area contributed by atoms with Crippen LogP contribution < -0.4 is 10.6 Å². The average molecular weight is 505 g/mol. The molecule has 2 N–H and O–H groups in total. The van der Waals surface area contributed by atoms with E-state index in [4.69, 9.17) is 11.6 Å². The Morgan fingerprint density at radius 3 is 2.77 bits per heavy atom. The van der Waals surface area contributed by atoms with Crippen molar-refractivity contribution in [2.75, 3.05) is 20.1 Å². The molecular weight excluding hydrogens is 483 g/mol. The van der Waals surface area contributed by atoms with Crippen LogP contribution in [-0.4, -0.2) is 36.9 Å². The molecule has 1 amide bonds. The predicted octanol–water partition coefficient (Wildman–Crippen LogP) is 3.27. The largest absolute Gasteiger partial charge is 0.352 e. The van der Waals surface area contributed by atoms with Crippen molar-refractivity contribution in [2.45, 2.75) is 19.5 Å². The van der Waals surface area contributed by atoms with Gasteiger partial charge in [-0.25, -0.2) is 0 Å². The second-order valence-corrected chi connectivity index (χ2v) is 7.28. The fraction of sp³-hybridized carbons (Fsp3) is 0.333. The van der Waals surface area contributed by atoms with E-state index in [2.05, 4.69) is 27.1 Å². The summed E-state index contributed by atoms with van der Waals surface area (Å²) in [6.45, 7) is 2.34. The van der Waals surface area contributed by atoms with Gasteiger partial charge in [0.25, 0.3) is 0 Å². The average Bonchev–Trinajstić information content (AvgIpc) is 3.10. The Labute approximate surface area is 179 Å². The third-order valence-electron chi connectivity index (χ3n) is 4.16. The van der Waals surface area contributed by atoms with Gasteiger partial charge in [-0.1, -0.05) is 23.7 Å². The zero-order valence-electron chi connectivity index (χ0n) is 14.5. The van der Waals surface area contributed by atoms with Crippen molar-refractivity contribution in [1.29, 1.82) is 0 Å². The zero-order chi connectivity index (χ0) is 17.6. The first-order valence-electron chi connectivity index (χ1n) is 8.17. The Morgan fingerprint density at radius 1 is 1.27 bits per heavy atom. The summed E-state index contributed by atoms with van der Waals surface area (Å²) in [5, 5.41) is 9.10. The second-order valence-electron chi connectivity index (χ2n) is 5.84. The SMILES string of the molecule is CN=C(NCC(=O)N1CCc2sccc2C1)NCc1ccc(Cl)cc1.I. The summed E-state index contributed by atoms with van der Waals surface area (Å²) in [7, 11) is 1.69. The summed E-state index contributed by atoms with van der Waals surface area (Å²) in [4.78, 5) is 19.9. The van der Waals surface area contributed by atoms with Gasteiger partial charge in [-0.3, -0.25) is 9.79 Å². The minimum atomic E-state index is 0. The minimum Gasteiger partial charge on any atom is -0.352 e. The van der Waals surface area contributed by atoms with Crippen LogP contribution in [0.2, 0.25) is 5.02 Å². The molecule has 0 aliphatic carbocycles. The van der Waals surface area contributed by atoms with Crippen LogP contribution in [0.3, 0.4) is 0 Å². The van der Waals surface area contributed by atoms with E-state index in [1.807, 2.05) is 29.2 Å². The van der Waals surface area contributed by atoms with Gasteiger partial charge in [0.1, 0.15) is 0 Å². The highest BCUT2D eigenvalue weighted by molar-refractivity contribution is 14.0. The summed E-state index contributed by atoms with van der Waals surface area (Å²) < 4.78 is 0. The molecule has 0 saturated carbocycles. The first kappa shape index (κ1) is 21.0. The lowest BCUT2D eigenvalue weighted by Crippen LogP contribution is -2.45. The van der Waals surface area contributed by atoms with Crippen LogP contribution in [0.4, 0.5) is 0 Å². The summed E-state index contributed by atoms with van der Waals surface area (Å²) in [5.41, 5.74) is 2.37. The van der Waals surface area contributed by atoms with E-state index in [1.54, 1.807) is 18.4 Å². The zero-order valence-corrected chi connectivity index (χ0v) is 18.4. The molecule has 5 nitrogen and oxygen atoms in total. The van der Waals surface area contributed by atoms with E-state index in [0.29, 0.717) is 24.1 Å². The molecule has 2 heterocycles. The number of nitrogens with zero attached hydrogens (tertiary/aromatic N) is 2. The van der Waals surface area contributed by atoms with Gasteiger partial charge < -0.3 is 15.5 Å². The topological polar surface area (TPSA) is 56.7 Å². The number of aliphatic imine (C=N–C) groups is 1. The van der Waals surface area contributed by atoms with Gasteiger partial charge in [0.05, 0.1) is 6.54 Å². The van der Waals surface area contributed by atoms with Gasteiger partial charge in [0.15, 0.2) is 5.96 Å². The first-order valence-corrected chi connectivity index (χ1v) is 9.43. The molecule has 3 rings (SSSR count). The minimum absolute atomic E-state index is 0. The van der Waals surface area contributed by atoms with Gasteiger partial charge in [-0.15, -0.1) is 35.3 Å². The van der Waals surface area contributed by atoms with Crippen molar-refractivity contribution in [3.63, 3.8) is 0 Å². The lowest BCUT2D eigenvalue weighted by molar-refractivity contribution is -0.130. The Kier molecular flexibility index (Phi) is 8.17. The molecule has 1 aliphatic rings. The smallest absolute Gasteiger partial charge is 0.242 e. The fourth-order valence-electron chi connectivity index (χ4n) is 2.74. The van der Waals surface area contributed by atoms with Crippen LogP contribution >= 0.6 is 46.9 Å². The van der Waals surface area contributed by atoms with Gasteiger partial charge in [0, 0.05) is 36.6 Å². The Morgan fingerprint density at radius 2 is 2.04 bits per heavy atom. The van der Waals surface area contributed by atoms with Gasteiger partial charge in [-0.2, -0.15) is 0 Å². The van der Waals surface area contributed by atoms with Gasteiger partial charge in [0.2, 0.25) is 5.91 Å². The molecule has 1 aromatic heterocycles. The van der Waals surface area contributed by atoms with Gasteiger partial charge >= 0.3 is 0 Å². The molecule has 140 valence electrons. The number of benzene rings is 1. The molecule has 2 aromatic rings. The Hall–Kier alpha value is -1.32. The number of amides is 1. The van der Waals surface area contributed by atoms with E-state index >= 15 is 0 Å². The standard InChI is InChI=1S/C18H21ClN4OS.HI/c1-20-18(21-10-13-2-4-15(19)5-3-13)22-11-17(24)23-8-6-16-14(12-23)7-9-25-16;/h2-5,7,9H,6,8,10-12H2,1H3,(H2,20,21,22);1H. The number of carbonyl (C=O) groups is 1. The van der Waals surface area contributed by atoms with Crippen molar-refractivity contribution in [2.24, 2.45) is 4.99 Å². The molecule has 26 heavy (non-hydrogen) atoms. The molecule has 0 fully saturated rings. The molecule has 8 heteroatoms. The maximum Gasteiger partial charge on any atom is 0.242 e. The third kappa shape index (κ3) is 5.59. The number of thiophene rings is 1. The first-order chi connectivity index (χ1) is 12.2. The maximum atomic E-state index is 12.4. The van der Waals surface area contributed by atoms with E-state index in [1.165, 1.54) is 10.4 Å². The Balaban J connectivity index is 0.00000243. The number of carbonyl (C=O) groups excluding carboxylic acids is 1. The fourth-order valence-corrected chi connectivity index (χ4v) is 3.76. The normalized spacial score (nSPS) is 13.6. The molecule has 1 aromatic carbocycles. The monoisotopic (exact) mass is 504 g/mol. The molecule has 0 unspecified atom stereocenters. The lowest BCUT2D eigenvalue weighted by atomic mass is 10.1. The number of hydrogen-bond acceptors (Lipinski definition) is 3. The maximum absolute atomic E-state index is 12.4. The van der Waals surface area contributed by atoms with Crippen LogP contribution in [-0.2, 0) is 24.3 Å².